The minimum atomic E-state index is -1.79. The second-order valence-electron chi connectivity index (χ2n) is 18.2. The average Bonchev–Trinajstić information content (AvgIpc) is 3.19. The quantitative estimate of drug-likeness (QED) is 0.176. The standard InChI is InChI=1S/C34H66O5Si3/c1-23(14-19-32(35)36-4)27-17-18-28-26-16-15-24-20-25(37-40(5,6)7)21-30(38-41(8,9)10)33(24,2)29(26)22-31(34(27,28)3)39-42(11,12)13/h23-31H,14-22H2,1-13H3/t23-,24-,25+,26?,27-,28?,29?,30-,31+,33+,34-/m1/s1. The van der Waals surface area contributed by atoms with Gasteiger partial charge in [0, 0.05) is 12.5 Å². The molecule has 5 nitrogen and oxygen atoms in total. The van der Waals surface area contributed by atoms with Crippen LogP contribution in [-0.4, -0.2) is 56.3 Å². The molecule has 244 valence electrons. The van der Waals surface area contributed by atoms with Crippen molar-refractivity contribution in [3.63, 3.8) is 0 Å². The summed E-state index contributed by atoms with van der Waals surface area (Å²) in [5, 5.41) is 0. The van der Waals surface area contributed by atoms with Gasteiger partial charge in [-0.25, -0.2) is 0 Å². The van der Waals surface area contributed by atoms with Crippen molar-refractivity contribution in [2.45, 2.75) is 156 Å². The Morgan fingerprint density at radius 3 is 1.86 bits per heavy atom. The van der Waals surface area contributed by atoms with Crippen LogP contribution in [0, 0.1) is 46.3 Å². The molecule has 0 amide bonds. The van der Waals surface area contributed by atoms with Crippen molar-refractivity contribution in [1.29, 1.82) is 0 Å². The van der Waals surface area contributed by atoms with Crippen LogP contribution >= 0.6 is 0 Å². The fourth-order valence-corrected chi connectivity index (χ4v) is 14.2. The van der Waals surface area contributed by atoms with Gasteiger partial charge in [-0.15, -0.1) is 0 Å². The highest BCUT2D eigenvalue weighted by molar-refractivity contribution is 6.70. The van der Waals surface area contributed by atoms with Gasteiger partial charge in [-0.05, 0) is 157 Å². The van der Waals surface area contributed by atoms with Crippen LogP contribution in [-0.2, 0) is 22.8 Å². The van der Waals surface area contributed by atoms with E-state index < -0.39 is 25.0 Å². The van der Waals surface area contributed by atoms with Gasteiger partial charge >= 0.3 is 5.97 Å². The molecule has 0 spiro atoms. The lowest BCUT2D eigenvalue weighted by Gasteiger charge is -2.66. The number of hydrogen-bond donors (Lipinski definition) is 0. The molecule has 0 aliphatic heterocycles. The lowest BCUT2D eigenvalue weighted by Crippen LogP contribution is -2.65. The first-order valence-electron chi connectivity index (χ1n) is 17.3. The second kappa shape index (κ2) is 12.3. The molecule has 4 saturated carbocycles. The molecule has 4 rings (SSSR count). The zero-order valence-electron chi connectivity index (χ0n) is 29.6. The zero-order valence-corrected chi connectivity index (χ0v) is 32.6. The lowest BCUT2D eigenvalue weighted by molar-refractivity contribution is -0.199. The third-order valence-corrected chi connectivity index (χ3v) is 15.1. The van der Waals surface area contributed by atoms with Gasteiger partial charge in [0.25, 0.3) is 0 Å². The fraction of sp³-hybridized carbons (Fsp3) is 0.971. The summed E-state index contributed by atoms with van der Waals surface area (Å²) in [5.41, 5.74) is 0.326. The number of carbonyl (C=O) groups excluding carboxylic acids is 1. The van der Waals surface area contributed by atoms with Gasteiger partial charge in [0.2, 0.25) is 0 Å². The summed E-state index contributed by atoms with van der Waals surface area (Å²) >= 11 is 0. The molecule has 4 fully saturated rings. The molecule has 3 unspecified atom stereocenters. The van der Waals surface area contributed by atoms with Gasteiger partial charge in [-0.3, -0.25) is 4.79 Å². The number of carbonyl (C=O) groups is 1. The van der Waals surface area contributed by atoms with E-state index in [1.807, 2.05) is 0 Å². The molecule has 0 bridgehead atoms. The number of esters is 1. The van der Waals surface area contributed by atoms with Crippen LogP contribution in [0.15, 0.2) is 0 Å². The summed E-state index contributed by atoms with van der Waals surface area (Å²) < 4.78 is 26.4. The normalized spacial score (nSPS) is 41.5. The van der Waals surface area contributed by atoms with Gasteiger partial charge in [0.05, 0.1) is 19.3 Å². The highest BCUT2D eigenvalue weighted by Crippen LogP contribution is 2.69. The Hall–Kier alpha value is 0.000649. The minimum absolute atomic E-state index is 0.0754. The van der Waals surface area contributed by atoms with Gasteiger partial charge in [0.1, 0.15) is 0 Å². The topological polar surface area (TPSA) is 54.0 Å². The maximum atomic E-state index is 12.1. The molecular weight excluding hydrogens is 573 g/mol. The Kier molecular flexibility index (Phi) is 10.2. The van der Waals surface area contributed by atoms with E-state index in [1.165, 1.54) is 45.6 Å². The summed E-state index contributed by atoms with van der Waals surface area (Å²) in [7, 11) is -3.68. The average molecular weight is 639 g/mol. The van der Waals surface area contributed by atoms with E-state index in [0.717, 1.165) is 18.8 Å². The molecule has 0 aromatic rings. The number of ether oxygens (including phenoxy) is 1. The molecule has 0 heterocycles. The van der Waals surface area contributed by atoms with E-state index in [2.05, 4.69) is 79.7 Å². The van der Waals surface area contributed by atoms with Crippen LogP contribution < -0.4 is 0 Å². The molecule has 0 aromatic carbocycles. The molecule has 8 heteroatoms. The number of hydrogen-bond acceptors (Lipinski definition) is 5. The summed E-state index contributed by atoms with van der Waals surface area (Å²) in [6, 6.07) is 0. The van der Waals surface area contributed by atoms with Gasteiger partial charge in [0.15, 0.2) is 25.0 Å². The molecule has 4 aliphatic rings. The third kappa shape index (κ3) is 7.19. The molecule has 0 aromatic heterocycles. The monoisotopic (exact) mass is 638 g/mol. The van der Waals surface area contributed by atoms with E-state index in [4.69, 9.17) is 18.0 Å². The van der Waals surface area contributed by atoms with Crippen LogP contribution in [0.4, 0.5) is 0 Å². The fourth-order valence-electron chi connectivity index (χ4n) is 10.6. The zero-order chi connectivity index (χ0) is 31.5. The molecule has 0 saturated heterocycles. The lowest BCUT2D eigenvalue weighted by atomic mass is 9.43. The van der Waals surface area contributed by atoms with Gasteiger partial charge in [-0.1, -0.05) is 20.8 Å². The summed E-state index contributed by atoms with van der Waals surface area (Å²) in [4.78, 5) is 12.1. The molecule has 0 radical (unpaired) electrons. The highest BCUT2D eigenvalue weighted by atomic mass is 28.4. The van der Waals surface area contributed by atoms with Crippen molar-refractivity contribution >= 4 is 30.9 Å². The van der Waals surface area contributed by atoms with Gasteiger partial charge < -0.3 is 18.0 Å². The van der Waals surface area contributed by atoms with Crippen LogP contribution in [0.25, 0.3) is 0 Å². The van der Waals surface area contributed by atoms with E-state index in [0.29, 0.717) is 42.1 Å². The van der Waals surface area contributed by atoms with E-state index in [9.17, 15) is 4.79 Å². The molecule has 4 aliphatic carbocycles. The Balaban J connectivity index is 1.70. The summed E-state index contributed by atoms with van der Waals surface area (Å²) in [6.07, 6.45) is 11.0. The first-order valence-corrected chi connectivity index (χ1v) is 27.5. The van der Waals surface area contributed by atoms with E-state index >= 15 is 0 Å². The predicted octanol–water partition coefficient (Wildman–Crippen LogP) is 9.11. The Morgan fingerprint density at radius 1 is 0.738 bits per heavy atom. The molecule has 42 heavy (non-hydrogen) atoms. The Morgan fingerprint density at radius 2 is 1.31 bits per heavy atom. The van der Waals surface area contributed by atoms with Crippen molar-refractivity contribution in [2.75, 3.05) is 7.11 Å². The van der Waals surface area contributed by atoms with Crippen molar-refractivity contribution in [2.24, 2.45) is 46.3 Å². The maximum absolute atomic E-state index is 12.1. The van der Waals surface area contributed by atoms with Crippen molar-refractivity contribution < 1.29 is 22.8 Å². The van der Waals surface area contributed by atoms with Gasteiger partial charge in [-0.2, -0.15) is 0 Å². The van der Waals surface area contributed by atoms with Crippen LogP contribution in [0.5, 0.6) is 0 Å². The Labute approximate surface area is 262 Å². The largest absolute Gasteiger partial charge is 0.469 e. The van der Waals surface area contributed by atoms with E-state index in [-0.39, 0.29) is 29.0 Å². The minimum Gasteiger partial charge on any atom is -0.469 e. The highest BCUT2D eigenvalue weighted by Gasteiger charge is 2.66. The third-order valence-electron chi connectivity index (χ3n) is 12.1. The first-order chi connectivity index (χ1) is 19.2. The van der Waals surface area contributed by atoms with E-state index in [1.54, 1.807) is 0 Å². The first kappa shape index (κ1) is 34.9. The van der Waals surface area contributed by atoms with Crippen molar-refractivity contribution in [1.82, 2.24) is 0 Å². The maximum Gasteiger partial charge on any atom is 0.305 e. The predicted molar refractivity (Wildman–Crippen MR) is 181 cm³/mol. The number of methoxy groups -OCH3 is 1. The van der Waals surface area contributed by atoms with Crippen molar-refractivity contribution in [3.8, 4) is 0 Å². The number of fused-ring (bicyclic) bond motifs is 5. The van der Waals surface area contributed by atoms with Crippen molar-refractivity contribution in [3.05, 3.63) is 0 Å². The SMILES string of the molecule is COC(=O)CC[C@@H](C)[C@H]1CCC2C3CC[C@@H]4C[C@H](O[Si](C)(C)C)C[C@@H](O[Si](C)(C)C)[C@]4(C)C3C[C@H](O[Si](C)(C)C)[C@@]21C. The summed E-state index contributed by atoms with van der Waals surface area (Å²) in [5.74, 6) is 3.72. The smallest absolute Gasteiger partial charge is 0.305 e. The van der Waals surface area contributed by atoms with Crippen LogP contribution in [0.3, 0.4) is 0 Å². The molecule has 0 N–H and O–H groups in total. The van der Waals surface area contributed by atoms with Crippen LogP contribution in [0.2, 0.25) is 58.9 Å². The van der Waals surface area contributed by atoms with Crippen LogP contribution in [0.1, 0.15) is 78.6 Å². The Bertz CT molecular complexity index is 954. The molecule has 11 atom stereocenters. The second-order valence-corrected chi connectivity index (χ2v) is 31.5. The summed E-state index contributed by atoms with van der Waals surface area (Å²) in [6.45, 7) is 28.9. The molecular formula is C34H66O5Si3. The number of rotatable bonds is 10.